The van der Waals surface area contributed by atoms with Gasteiger partial charge in [0.25, 0.3) is 0 Å². The average molecular weight is 464 g/mol. The Balaban J connectivity index is 1.52. The molecule has 2 nitrogen and oxygen atoms in total. The highest BCUT2D eigenvalue weighted by atomic mass is 19.1. The van der Waals surface area contributed by atoms with Crippen molar-refractivity contribution in [3.63, 3.8) is 0 Å². The normalized spacial score (nSPS) is 20.1. The zero-order chi connectivity index (χ0) is 24.2. The van der Waals surface area contributed by atoms with E-state index in [-0.39, 0.29) is 11.2 Å². The van der Waals surface area contributed by atoms with Gasteiger partial charge in [0, 0.05) is 0 Å². The first-order valence-corrected chi connectivity index (χ1v) is 13.5. The maximum atomic E-state index is 14.6. The van der Waals surface area contributed by atoms with E-state index in [1.165, 1.54) is 31.2 Å². The minimum atomic E-state index is -0.292. The molecule has 0 aliphatic heterocycles. The third-order valence-corrected chi connectivity index (χ3v) is 7.59. The highest BCUT2D eigenvalue weighted by Gasteiger charge is 2.35. The van der Waals surface area contributed by atoms with Crippen LogP contribution in [0.5, 0.6) is 5.75 Å². The van der Waals surface area contributed by atoms with Gasteiger partial charge in [0.2, 0.25) is 0 Å². The molecule has 1 fully saturated rings. The fraction of sp³-hybridized carbons (Fsp3) is 0.581. The lowest BCUT2D eigenvalue weighted by molar-refractivity contribution is 0.224. The molecule has 0 atom stereocenters. The van der Waals surface area contributed by atoms with Crippen LogP contribution in [0.2, 0.25) is 0 Å². The van der Waals surface area contributed by atoms with Gasteiger partial charge in [0.15, 0.2) is 11.6 Å². The number of hydrogen-bond acceptors (Lipinski definition) is 2. The van der Waals surface area contributed by atoms with E-state index in [9.17, 15) is 9.65 Å². The number of nitrogens with zero attached hydrogens (tertiary/aromatic N) is 1. The molecule has 3 rings (SSSR count). The molecule has 0 heterocycles. The fourth-order valence-electron chi connectivity index (χ4n) is 5.25. The quantitative estimate of drug-likeness (QED) is 0.277. The van der Waals surface area contributed by atoms with Gasteiger partial charge in [-0.25, -0.2) is 4.39 Å². The van der Waals surface area contributed by atoms with E-state index in [0.29, 0.717) is 18.3 Å². The summed E-state index contributed by atoms with van der Waals surface area (Å²) in [5.41, 5.74) is 3.13. The Kier molecular flexibility index (Phi) is 10.4. The van der Waals surface area contributed by atoms with Crippen molar-refractivity contribution in [2.24, 2.45) is 5.41 Å². The molecule has 0 spiro atoms. The maximum Gasteiger partial charge on any atom is 0.165 e. The van der Waals surface area contributed by atoms with Crippen LogP contribution in [0.15, 0.2) is 42.5 Å². The Morgan fingerprint density at radius 2 is 1.53 bits per heavy atom. The van der Waals surface area contributed by atoms with E-state index < -0.39 is 0 Å². The van der Waals surface area contributed by atoms with Gasteiger partial charge in [-0.2, -0.15) is 5.26 Å². The summed E-state index contributed by atoms with van der Waals surface area (Å²) < 4.78 is 20.3. The summed E-state index contributed by atoms with van der Waals surface area (Å²) >= 11 is 0. The molecule has 0 amide bonds. The minimum Gasteiger partial charge on any atom is -0.491 e. The Labute approximate surface area is 206 Å². The van der Waals surface area contributed by atoms with Crippen molar-refractivity contribution in [3.05, 3.63) is 53.8 Å². The molecule has 1 aliphatic rings. The second-order valence-corrected chi connectivity index (χ2v) is 10.2. The predicted octanol–water partition coefficient (Wildman–Crippen LogP) is 9.59. The van der Waals surface area contributed by atoms with E-state index in [0.717, 1.165) is 68.9 Å². The lowest BCUT2D eigenvalue weighted by Gasteiger charge is -2.35. The van der Waals surface area contributed by atoms with Crippen LogP contribution < -0.4 is 4.74 Å². The van der Waals surface area contributed by atoms with Gasteiger partial charge in [0.05, 0.1) is 18.1 Å². The first kappa shape index (κ1) is 26.3. The van der Waals surface area contributed by atoms with Gasteiger partial charge in [0.1, 0.15) is 0 Å². The molecule has 1 aliphatic carbocycles. The third-order valence-electron chi connectivity index (χ3n) is 7.59. The van der Waals surface area contributed by atoms with Gasteiger partial charge in [-0.3, -0.25) is 0 Å². The first-order valence-electron chi connectivity index (χ1n) is 13.5. The summed E-state index contributed by atoms with van der Waals surface area (Å²) in [4.78, 5) is 0. The standard InChI is InChI=1S/C31H42FNO/c1-3-5-7-8-9-10-22-34-30-16-15-28(23-29(30)32)26-13-11-25(12-14-26)27-17-20-31(24-33,21-18-27)19-6-4-2/h11-16,23,27H,3-10,17-22H2,1-2H3. The van der Waals surface area contributed by atoms with E-state index in [2.05, 4.69) is 44.2 Å². The van der Waals surface area contributed by atoms with E-state index >= 15 is 0 Å². The molecule has 184 valence electrons. The number of benzene rings is 2. The van der Waals surface area contributed by atoms with Gasteiger partial charge in [-0.05, 0) is 73.3 Å². The van der Waals surface area contributed by atoms with Crippen molar-refractivity contribution in [1.29, 1.82) is 5.26 Å². The molecule has 0 aromatic heterocycles. The van der Waals surface area contributed by atoms with E-state index in [4.69, 9.17) is 4.74 Å². The van der Waals surface area contributed by atoms with Crippen molar-refractivity contribution < 1.29 is 9.13 Å². The molecule has 0 N–H and O–H groups in total. The maximum absolute atomic E-state index is 14.6. The second kappa shape index (κ2) is 13.5. The molecular formula is C31H42FNO. The summed E-state index contributed by atoms with van der Waals surface area (Å²) in [5.74, 6) is 0.576. The molecule has 1 saturated carbocycles. The summed E-state index contributed by atoms with van der Waals surface area (Å²) in [7, 11) is 0. The Hall–Kier alpha value is -2.34. The lowest BCUT2D eigenvalue weighted by atomic mass is 9.67. The topological polar surface area (TPSA) is 33.0 Å². The van der Waals surface area contributed by atoms with Gasteiger partial charge in [-0.15, -0.1) is 0 Å². The highest BCUT2D eigenvalue weighted by Crippen LogP contribution is 2.45. The highest BCUT2D eigenvalue weighted by molar-refractivity contribution is 5.64. The third kappa shape index (κ3) is 7.33. The van der Waals surface area contributed by atoms with Crippen molar-refractivity contribution in [3.8, 4) is 22.9 Å². The molecule has 2 aromatic rings. The summed E-state index contributed by atoms with van der Waals surface area (Å²) in [6.45, 7) is 4.99. The zero-order valence-electron chi connectivity index (χ0n) is 21.3. The lowest BCUT2D eigenvalue weighted by Crippen LogP contribution is -2.25. The van der Waals surface area contributed by atoms with Crippen molar-refractivity contribution in [2.75, 3.05) is 6.61 Å². The number of rotatable bonds is 13. The van der Waals surface area contributed by atoms with Gasteiger partial charge < -0.3 is 4.74 Å². The van der Waals surface area contributed by atoms with Crippen LogP contribution in [0.25, 0.3) is 11.1 Å². The van der Waals surface area contributed by atoms with Crippen molar-refractivity contribution in [1.82, 2.24) is 0 Å². The SMILES string of the molecule is CCCCCCCCOc1ccc(-c2ccc(C3CCC(C#N)(CCCC)CC3)cc2)cc1F. The van der Waals surface area contributed by atoms with Crippen LogP contribution >= 0.6 is 0 Å². The molecule has 0 bridgehead atoms. The molecule has 3 heteroatoms. The molecule has 34 heavy (non-hydrogen) atoms. The van der Waals surface area contributed by atoms with Crippen LogP contribution in [0, 0.1) is 22.6 Å². The number of unbranched alkanes of at least 4 members (excludes halogenated alkanes) is 6. The van der Waals surface area contributed by atoms with Crippen molar-refractivity contribution >= 4 is 0 Å². The van der Waals surface area contributed by atoms with E-state index in [1.807, 2.05) is 6.07 Å². The zero-order valence-corrected chi connectivity index (χ0v) is 21.3. The second-order valence-electron chi connectivity index (χ2n) is 10.2. The number of hydrogen-bond donors (Lipinski definition) is 0. The molecule has 0 radical (unpaired) electrons. The van der Waals surface area contributed by atoms with Crippen LogP contribution in [-0.2, 0) is 0 Å². The molecular weight excluding hydrogens is 421 g/mol. The van der Waals surface area contributed by atoms with Crippen LogP contribution in [0.3, 0.4) is 0 Å². The Morgan fingerprint density at radius 1 is 0.882 bits per heavy atom. The van der Waals surface area contributed by atoms with Crippen LogP contribution in [0.1, 0.15) is 109 Å². The monoisotopic (exact) mass is 463 g/mol. The van der Waals surface area contributed by atoms with Gasteiger partial charge in [-0.1, -0.05) is 89.1 Å². The molecule has 2 aromatic carbocycles. The summed E-state index contributed by atoms with van der Waals surface area (Å²) in [5, 5.41) is 9.74. The van der Waals surface area contributed by atoms with Crippen LogP contribution in [0.4, 0.5) is 4.39 Å². The van der Waals surface area contributed by atoms with Crippen LogP contribution in [-0.4, -0.2) is 6.61 Å². The summed E-state index contributed by atoms with van der Waals surface area (Å²) in [6.07, 6.45) is 14.7. The Bertz CT molecular complexity index is 906. The fourth-order valence-corrected chi connectivity index (χ4v) is 5.25. The molecule has 0 saturated heterocycles. The first-order chi connectivity index (χ1) is 16.6. The number of nitriles is 1. The number of halogens is 1. The molecule has 0 unspecified atom stereocenters. The largest absolute Gasteiger partial charge is 0.491 e. The number of ether oxygens (including phenoxy) is 1. The van der Waals surface area contributed by atoms with E-state index in [1.54, 1.807) is 12.1 Å². The Morgan fingerprint density at radius 3 is 2.18 bits per heavy atom. The average Bonchev–Trinajstić information content (AvgIpc) is 2.88. The van der Waals surface area contributed by atoms with Gasteiger partial charge >= 0.3 is 0 Å². The minimum absolute atomic E-state index is 0.108. The smallest absolute Gasteiger partial charge is 0.165 e. The predicted molar refractivity (Wildman–Crippen MR) is 139 cm³/mol. The summed E-state index contributed by atoms with van der Waals surface area (Å²) in [6, 6.07) is 16.5. The van der Waals surface area contributed by atoms with Crippen molar-refractivity contribution in [2.45, 2.75) is 103 Å².